The number of amides is 3. The summed E-state index contributed by atoms with van der Waals surface area (Å²) in [5.74, 6) is 0.367. The van der Waals surface area contributed by atoms with Crippen LogP contribution in [-0.4, -0.2) is 30.5 Å². The normalized spacial score (nSPS) is 12.7. The Labute approximate surface area is 140 Å². The van der Waals surface area contributed by atoms with E-state index >= 15 is 0 Å². The molecule has 0 saturated heterocycles. The van der Waals surface area contributed by atoms with Crippen molar-refractivity contribution in [3.8, 4) is 5.75 Å². The molecule has 0 unspecified atom stereocenters. The lowest BCUT2D eigenvalue weighted by atomic mass is 10.1. The fourth-order valence-corrected chi connectivity index (χ4v) is 2.49. The van der Waals surface area contributed by atoms with Gasteiger partial charge in [0.2, 0.25) is 0 Å². The molecule has 24 heavy (non-hydrogen) atoms. The second-order valence-corrected chi connectivity index (χ2v) is 5.76. The molecule has 6 nitrogen and oxygen atoms in total. The van der Waals surface area contributed by atoms with Crippen molar-refractivity contribution >= 4 is 23.3 Å². The third-order valence-electron chi connectivity index (χ3n) is 3.88. The van der Waals surface area contributed by atoms with E-state index in [0.717, 1.165) is 11.1 Å². The molecule has 0 radical (unpaired) electrons. The second kappa shape index (κ2) is 6.62. The third-order valence-corrected chi connectivity index (χ3v) is 3.88. The average Bonchev–Trinajstić information content (AvgIpc) is 2.57. The smallest absolute Gasteiger partial charge is 0.321 e. The number of nitrogens with zero attached hydrogens (tertiary/aromatic N) is 1. The van der Waals surface area contributed by atoms with Gasteiger partial charge in [-0.2, -0.15) is 0 Å². The Morgan fingerprint density at radius 2 is 2.08 bits per heavy atom. The van der Waals surface area contributed by atoms with Gasteiger partial charge in [0.25, 0.3) is 5.91 Å². The molecular formula is C18H19N3O3. The van der Waals surface area contributed by atoms with Gasteiger partial charge in [-0.25, -0.2) is 4.79 Å². The second-order valence-electron chi connectivity index (χ2n) is 5.76. The van der Waals surface area contributed by atoms with E-state index < -0.39 is 0 Å². The zero-order valence-corrected chi connectivity index (χ0v) is 13.6. The van der Waals surface area contributed by atoms with E-state index in [1.165, 1.54) is 0 Å². The Hall–Kier alpha value is -3.02. The molecule has 0 aliphatic carbocycles. The van der Waals surface area contributed by atoms with Crippen molar-refractivity contribution in [2.75, 3.05) is 24.3 Å². The Balaban J connectivity index is 1.66. The van der Waals surface area contributed by atoms with Gasteiger partial charge in [-0.1, -0.05) is 24.3 Å². The SMILES string of the molecule is Cc1ccccc1CN(C)C(=O)Nc1ccc2c(c1)OCC(=O)N2. The van der Waals surface area contributed by atoms with Crippen LogP contribution in [0, 0.1) is 6.92 Å². The number of nitrogens with one attached hydrogen (secondary N) is 2. The molecule has 0 bridgehead atoms. The average molecular weight is 325 g/mol. The number of anilines is 2. The van der Waals surface area contributed by atoms with Crippen LogP contribution in [0.25, 0.3) is 0 Å². The Morgan fingerprint density at radius 3 is 2.88 bits per heavy atom. The maximum absolute atomic E-state index is 12.4. The molecule has 1 heterocycles. The van der Waals surface area contributed by atoms with Crippen molar-refractivity contribution in [3.05, 3.63) is 53.6 Å². The molecule has 1 aliphatic heterocycles. The van der Waals surface area contributed by atoms with Gasteiger partial charge in [0, 0.05) is 25.3 Å². The Morgan fingerprint density at radius 1 is 1.29 bits per heavy atom. The molecule has 124 valence electrons. The van der Waals surface area contributed by atoms with Crippen LogP contribution in [0.1, 0.15) is 11.1 Å². The summed E-state index contributed by atoms with van der Waals surface area (Å²) in [5.41, 5.74) is 3.48. The quantitative estimate of drug-likeness (QED) is 0.911. The van der Waals surface area contributed by atoms with Crippen molar-refractivity contribution in [1.29, 1.82) is 0 Å². The van der Waals surface area contributed by atoms with Crippen molar-refractivity contribution in [3.63, 3.8) is 0 Å². The van der Waals surface area contributed by atoms with Crippen LogP contribution in [-0.2, 0) is 11.3 Å². The fourth-order valence-electron chi connectivity index (χ4n) is 2.49. The highest BCUT2D eigenvalue weighted by Crippen LogP contribution is 2.30. The van der Waals surface area contributed by atoms with E-state index in [-0.39, 0.29) is 18.5 Å². The topological polar surface area (TPSA) is 70.7 Å². The molecule has 0 spiro atoms. The summed E-state index contributed by atoms with van der Waals surface area (Å²) >= 11 is 0. The summed E-state index contributed by atoms with van der Waals surface area (Å²) in [5, 5.41) is 5.55. The molecule has 0 aromatic heterocycles. The molecule has 3 rings (SSSR count). The van der Waals surface area contributed by atoms with Gasteiger partial charge in [0.15, 0.2) is 6.61 Å². The summed E-state index contributed by atoms with van der Waals surface area (Å²) in [6.45, 7) is 2.53. The van der Waals surface area contributed by atoms with E-state index in [1.54, 1.807) is 30.1 Å². The molecule has 6 heteroatoms. The van der Waals surface area contributed by atoms with Crippen LogP contribution in [0.5, 0.6) is 5.75 Å². The van der Waals surface area contributed by atoms with Crippen LogP contribution in [0.3, 0.4) is 0 Å². The van der Waals surface area contributed by atoms with Crippen LogP contribution in [0.15, 0.2) is 42.5 Å². The highest BCUT2D eigenvalue weighted by Gasteiger charge is 2.17. The van der Waals surface area contributed by atoms with E-state index in [4.69, 9.17) is 4.74 Å². The molecule has 2 N–H and O–H groups in total. The molecule has 2 aromatic carbocycles. The number of hydrogen-bond acceptors (Lipinski definition) is 3. The van der Waals surface area contributed by atoms with Gasteiger partial charge < -0.3 is 20.3 Å². The van der Waals surface area contributed by atoms with Gasteiger partial charge >= 0.3 is 6.03 Å². The van der Waals surface area contributed by atoms with Crippen LogP contribution >= 0.6 is 0 Å². The molecule has 0 fully saturated rings. The molecule has 0 saturated carbocycles. The van der Waals surface area contributed by atoms with Crippen molar-refractivity contribution in [2.45, 2.75) is 13.5 Å². The number of hydrogen-bond donors (Lipinski definition) is 2. The summed E-state index contributed by atoms with van der Waals surface area (Å²) in [4.78, 5) is 25.2. The van der Waals surface area contributed by atoms with E-state index in [9.17, 15) is 9.59 Å². The van der Waals surface area contributed by atoms with Crippen LogP contribution in [0.4, 0.5) is 16.2 Å². The van der Waals surface area contributed by atoms with Gasteiger partial charge in [-0.05, 0) is 30.2 Å². The molecule has 3 amide bonds. The number of urea groups is 1. The number of carbonyl (C=O) groups excluding carboxylic acids is 2. The standard InChI is InChI=1S/C18H19N3O3/c1-12-5-3-4-6-13(12)10-21(2)18(23)19-14-7-8-15-16(9-14)24-11-17(22)20-15/h3-9H,10-11H2,1-2H3,(H,19,23)(H,20,22). The van der Waals surface area contributed by atoms with Crippen molar-refractivity contribution < 1.29 is 14.3 Å². The Bertz CT molecular complexity index is 789. The van der Waals surface area contributed by atoms with Crippen LogP contribution < -0.4 is 15.4 Å². The predicted octanol–water partition coefficient (Wildman–Crippen LogP) is 2.99. The van der Waals surface area contributed by atoms with Gasteiger partial charge in [0.05, 0.1) is 5.69 Å². The van der Waals surface area contributed by atoms with E-state index in [0.29, 0.717) is 23.7 Å². The monoisotopic (exact) mass is 325 g/mol. The Kier molecular flexibility index (Phi) is 4.37. The first kappa shape index (κ1) is 15.9. The maximum Gasteiger partial charge on any atom is 0.321 e. The first-order valence-electron chi connectivity index (χ1n) is 7.66. The van der Waals surface area contributed by atoms with E-state index in [2.05, 4.69) is 10.6 Å². The predicted molar refractivity (Wildman–Crippen MR) is 92.2 cm³/mol. The number of carbonyl (C=O) groups is 2. The minimum atomic E-state index is -0.210. The summed E-state index contributed by atoms with van der Waals surface area (Å²) < 4.78 is 5.35. The largest absolute Gasteiger partial charge is 0.482 e. The number of benzene rings is 2. The third kappa shape index (κ3) is 3.48. The summed E-state index contributed by atoms with van der Waals surface area (Å²) in [6, 6.07) is 12.9. The lowest BCUT2D eigenvalue weighted by molar-refractivity contribution is -0.118. The number of ether oxygens (including phenoxy) is 1. The van der Waals surface area contributed by atoms with Gasteiger partial charge in [-0.3, -0.25) is 4.79 Å². The zero-order valence-electron chi connectivity index (χ0n) is 13.6. The number of fused-ring (bicyclic) bond motifs is 1. The highest BCUT2D eigenvalue weighted by molar-refractivity contribution is 5.96. The van der Waals surface area contributed by atoms with Crippen molar-refractivity contribution in [2.24, 2.45) is 0 Å². The fraction of sp³-hybridized carbons (Fsp3) is 0.222. The maximum atomic E-state index is 12.4. The van der Waals surface area contributed by atoms with E-state index in [1.807, 2.05) is 31.2 Å². The summed E-state index contributed by atoms with van der Waals surface area (Å²) in [7, 11) is 1.75. The molecule has 2 aromatic rings. The minimum absolute atomic E-state index is 0.0163. The highest BCUT2D eigenvalue weighted by atomic mass is 16.5. The minimum Gasteiger partial charge on any atom is -0.482 e. The zero-order chi connectivity index (χ0) is 17.1. The molecule has 1 aliphatic rings. The van der Waals surface area contributed by atoms with Crippen LogP contribution in [0.2, 0.25) is 0 Å². The summed E-state index contributed by atoms with van der Waals surface area (Å²) in [6.07, 6.45) is 0. The first-order valence-corrected chi connectivity index (χ1v) is 7.66. The lowest BCUT2D eigenvalue weighted by Crippen LogP contribution is -2.31. The number of rotatable bonds is 3. The molecule has 0 atom stereocenters. The molecular weight excluding hydrogens is 306 g/mol. The first-order chi connectivity index (χ1) is 11.5. The van der Waals surface area contributed by atoms with Crippen molar-refractivity contribution in [1.82, 2.24) is 4.90 Å². The van der Waals surface area contributed by atoms with Gasteiger partial charge in [-0.15, -0.1) is 0 Å². The number of aryl methyl sites for hydroxylation is 1. The van der Waals surface area contributed by atoms with Gasteiger partial charge in [0.1, 0.15) is 5.75 Å². The lowest BCUT2D eigenvalue weighted by Gasteiger charge is -2.21.